The quantitative estimate of drug-likeness (QED) is 0.364. The van der Waals surface area contributed by atoms with Crippen LogP contribution in [-0.4, -0.2) is 38.3 Å². The van der Waals surface area contributed by atoms with Gasteiger partial charge < -0.3 is 19.4 Å². The zero-order chi connectivity index (χ0) is 19.4. The highest BCUT2D eigenvalue weighted by molar-refractivity contribution is 6.16. The van der Waals surface area contributed by atoms with Gasteiger partial charge in [0.25, 0.3) is 0 Å². The third-order valence-electron chi connectivity index (χ3n) is 3.66. The van der Waals surface area contributed by atoms with Crippen LogP contribution in [0.4, 0.5) is 0 Å². The molecule has 0 saturated heterocycles. The van der Waals surface area contributed by atoms with Gasteiger partial charge in [-0.3, -0.25) is 4.57 Å². The molecule has 3 aromatic rings. The van der Waals surface area contributed by atoms with Crippen molar-refractivity contribution in [3.05, 3.63) is 64.3 Å². The summed E-state index contributed by atoms with van der Waals surface area (Å²) in [6, 6.07) is 9.52. The molecule has 0 radical (unpaired) electrons. The van der Waals surface area contributed by atoms with Gasteiger partial charge in [0.2, 0.25) is 0 Å². The number of carboxylic acid groups (broad SMARTS) is 2. The second-order valence-electron chi connectivity index (χ2n) is 5.43. The van der Waals surface area contributed by atoms with E-state index in [0.717, 1.165) is 6.08 Å². The smallest absolute Gasteiger partial charge is 0.421 e. The largest absolute Gasteiger partial charge is 0.492 e. The van der Waals surface area contributed by atoms with Crippen molar-refractivity contribution in [2.45, 2.75) is 6.54 Å². The first-order valence-corrected chi connectivity index (χ1v) is 7.81. The first kappa shape index (κ1) is 17.9. The maximum atomic E-state index is 11.8. The standard InChI is InChI=1S/C18H14N2O7/c21-16(22)13(17(23)24)10-11-3-5-12(6-4-11)26-9-8-20-15-14(27-18(20)25)2-1-7-19-15/h1-7,10H,8-9H2,(H,21,22)(H,23,24). The Hall–Kier alpha value is -3.88. The van der Waals surface area contributed by atoms with E-state index in [0.29, 0.717) is 22.5 Å². The topological polar surface area (TPSA) is 132 Å². The number of fused-ring (bicyclic) bond motifs is 1. The van der Waals surface area contributed by atoms with Gasteiger partial charge in [0.1, 0.15) is 17.9 Å². The Kier molecular flexibility index (Phi) is 5.02. The number of aliphatic carboxylic acids is 2. The van der Waals surface area contributed by atoms with Crippen molar-refractivity contribution in [1.82, 2.24) is 9.55 Å². The van der Waals surface area contributed by atoms with Crippen LogP contribution in [0, 0.1) is 0 Å². The second kappa shape index (κ2) is 7.56. The Balaban J connectivity index is 1.66. The lowest BCUT2D eigenvalue weighted by atomic mass is 10.1. The van der Waals surface area contributed by atoms with E-state index in [9.17, 15) is 14.4 Å². The van der Waals surface area contributed by atoms with Crippen molar-refractivity contribution in [3.63, 3.8) is 0 Å². The van der Waals surface area contributed by atoms with Gasteiger partial charge in [-0.05, 0) is 35.9 Å². The Bertz CT molecular complexity index is 1060. The molecule has 0 fully saturated rings. The van der Waals surface area contributed by atoms with Crippen LogP contribution in [0.15, 0.2) is 57.4 Å². The molecule has 138 valence electrons. The van der Waals surface area contributed by atoms with Gasteiger partial charge in [0, 0.05) is 6.20 Å². The molecule has 0 unspecified atom stereocenters. The molecule has 0 amide bonds. The van der Waals surface area contributed by atoms with Crippen LogP contribution in [0.2, 0.25) is 0 Å². The number of oxazole rings is 1. The number of pyridine rings is 1. The van der Waals surface area contributed by atoms with Crippen LogP contribution in [-0.2, 0) is 16.1 Å². The SMILES string of the molecule is O=C(O)C(=Cc1ccc(OCCn2c(=O)oc3cccnc32)cc1)C(=O)O. The van der Waals surface area contributed by atoms with E-state index in [-0.39, 0.29) is 13.2 Å². The molecular formula is C18H14N2O7. The molecule has 2 aromatic heterocycles. The fourth-order valence-electron chi connectivity index (χ4n) is 2.39. The highest BCUT2D eigenvalue weighted by atomic mass is 16.5. The fraction of sp³-hybridized carbons (Fsp3) is 0.111. The number of hydrogen-bond donors (Lipinski definition) is 2. The summed E-state index contributed by atoms with van der Waals surface area (Å²) in [5.41, 5.74) is 0.499. The van der Waals surface area contributed by atoms with E-state index in [2.05, 4.69) is 4.98 Å². The molecule has 0 aliphatic carbocycles. The summed E-state index contributed by atoms with van der Waals surface area (Å²) >= 11 is 0. The van der Waals surface area contributed by atoms with Gasteiger partial charge in [-0.1, -0.05) is 12.1 Å². The summed E-state index contributed by atoms with van der Waals surface area (Å²) in [5.74, 6) is -3.08. The molecule has 1 aromatic carbocycles. The Morgan fingerprint density at radius 1 is 1.15 bits per heavy atom. The maximum Gasteiger partial charge on any atom is 0.421 e. The predicted molar refractivity (Wildman–Crippen MR) is 93.5 cm³/mol. The predicted octanol–water partition coefficient (Wildman–Crippen LogP) is 1.62. The van der Waals surface area contributed by atoms with Crippen LogP contribution in [0.5, 0.6) is 5.75 Å². The van der Waals surface area contributed by atoms with Gasteiger partial charge in [-0.25, -0.2) is 19.4 Å². The summed E-state index contributed by atoms with van der Waals surface area (Å²) in [4.78, 5) is 37.7. The molecule has 2 N–H and O–H groups in total. The van der Waals surface area contributed by atoms with E-state index < -0.39 is 23.3 Å². The van der Waals surface area contributed by atoms with E-state index in [1.165, 1.54) is 16.7 Å². The lowest BCUT2D eigenvalue weighted by Gasteiger charge is -2.07. The molecule has 0 saturated carbocycles. The van der Waals surface area contributed by atoms with Gasteiger partial charge in [-0.15, -0.1) is 0 Å². The first-order chi connectivity index (χ1) is 13.0. The molecular weight excluding hydrogens is 356 g/mol. The lowest BCUT2D eigenvalue weighted by Crippen LogP contribution is -2.19. The molecule has 0 aliphatic heterocycles. The van der Waals surface area contributed by atoms with E-state index in [1.807, 2.05) is 0 Å². The molecule has 3 rings (SSSR count). The van der Waals surface area contributed by atoms with Gasteiger partial charge >= 0.3 is 17.7 Å². The molecule has 0 spiro atoms. The van der Waals surface area contributed by atoms with Crippen molar-refractivity contribution in [2.24, 2.45) is 0 Å². The molecule has 0 aliphatic rings. The van der Waals surface area contributed by atoms with Crippen molar-refractivity contribution in [3.8, 4) is 5.75 Å². The van der Waals surface area contributed by atoms with Crippen LogP contribution < -0.4 is 10.5 Å². The highest BCUT2D eigenvalue weighted by Crippen LogP contribution is 2.15. The van der Waals surface area contributed by atoms with Gasteiger partial charge in [0.15, 0.2) is 11.2 Å². The number of benzene rings is 1. The van der Waals surface area contributed by atoms with Crippen LogP contribution >= 0.6 is 0 Å². The Morgan fingerprint density at radius 2 is 1.85 bits per heavy atom. The number of aromatic nitrogens is 2. The van der Waals surface area contributed by atoms with Crippen molar-refractivity contribution in [2.75, 3.05) is 6.61 Å². The van der Waals surface area contributed by atoms with E-state index in [1.54, 1.807) is 30.5 Å². The normalized spacial score (nSPS) is 10.5. The third kappa shape index (κ3) is 4.03. The van der Waals surface area contributed by atoms with Crippen LogP contribution in [0.25, 0.3) is 17.3 Å². The summed E-state index contributed by atoms with van der Waals surface area (Å²) in [6.45, 7) is 0.405. The average Bonchev–Trinajstić information content (AvgIpc) is 2.96. The zero-order valence-electron chi connectivity index (χ0n) is 13.9. The van der Waals surface area contributed by atoms with Crippen LogP contribution in [0.1, 0.15) is 5.56 Å². The molecule has 2 heterocycles. The summed E-state index contributed by atoms with van der Waals surface area (Å²) in [7, 11) is 0. The van der Waals surface area contributed by atoms with Crippen molar-refractivity contribution < 1.29 is 29.0 Å². The monoisotopic (exact) mass is 370 g/mol. The molecule has 9 heteroatoms. The lowest BCUT2D eigenvalue weighted by molar-refractivity contribution is -0.140. The highest BCUT2D eigenvalue weighted by Gasteiger charge is 2.15. The maximum absolute atomic E-state index is 11.8. The first-order valence-electron chi connectivity index (χ1n) is 7.81. The Morgan fingerprint density at radius 3 is 2.52 bits per heavy atom. The van der Waals surface area contributed by atoms with E-state index >= 15 is 0 Å². The second-order valence-corrected chi connectivity index (χ2v) is 5.43. The number of hydrogen-bond acceptors (Lipinski definition) is 6. The minimum absolute atomic E-state index is 0.176. The fourth-order valence-corrected chi connectivity index (χ4v) is 2.39. The molecule has 0 atom stereocenters. The third-order valence-corrected chi connectivity index (χ3v) is 3.66. The number of nitrogens with zero attached hydrogens (tertiary/aromatic N) is 2. The number of ether oxygens (including phenoxy) is 1. The minimum Gasteiger partial charge on any atom is -0.492 e. The summed E-state index contributed by atoms with van der Waals surface area (Å²) in [6.07, 6.45) is 2.61. The molecule has 27 heavy (non-hydrogen) atoms. The van der Waals surface area contributed by atoms with Gasteiger partial charge in [-0.2, -0.15) is 0 Å². The van der Waals surface area contributed by atoms with Crippen molar-refractivity contribution >= 4 is 29.2 Å². The summed E-state index contributed by atoms with van der Waals surface area (Å²) in [5, 5.41) is 17.7. The minimum atomic E-state index is -1.52. The summed E-state index contributed by atoms with van der Waals surface area (Å²) < 4.78 is 12.0. The number of rotatable bonds is 7. The van der Waals surface area contributed by atoms with Crippen LogP contribution in [0.3, 0.4) is 0 Å². The Labute approximate surface area is 151 Å². The molecule has 0 bridgehead atoms. The number of carbonyl (C=O) groups is 2. The number of carboxylic acids is 2. The van der Waals surface area contributed by atoms with Crippen molar-refractivity contribution in [1.29, 1.82) is 0 Å². The average molecular weight is 370 g/mol. The molecule has 9 nitrogen and oxygen atoms in total. The van der Waals surface area contributed by atoms with E-state index in [4.69, 9.17) is 19.4 Å². The zero-order valence-corrected chi connectivity index (χ0v) is 13.9. The van der Waals surface area contributed by atoms with Gasteiger partial charge in [0.05, 0.1) is 6.54 Å².